The summed E-state index contributed by atoms with van der Waals surface area (Å²) in [5, 5.41) is 9.01. The van der Waals surface area contributed by atoms with Crippen molar-refractivity contribution in [2.24, 2.45) is 0 Å². The lowest BCUT2D eigenvalue weighted by atomic mass is 10.2. The van der Waals surface area contributed by atoms with Crippen LogP contribution in [0.2, 0.25) is 0 Å². The maximum absolute atomic E-state index is 11.0. The number of hydrogen-bond donors (Lipinski definition) is 1. The summed E-state index contributed by atoms with van der Waals surface area (Å²) in [5.74, 6) is -0.344. The molecule has 0 aliphatic carbocycles. The highest BCUT2D eigenvalue weighted by Gasteiger charge is 2.12. The molecule has 0 aliphatic heterocycles. The molecule has 0 spiro atoms. The number of rotatable bonds is 4. The van der Waals surface area contributed by atoms with Crippen LogP contribution in [0, 0.1) is 3.57 Å². The molecule has 1 N–H and O–H groups in total. The zero-order chi connectivity index (χ0) is 13.0. The molecule has 3 nitrogen and oxygen atoms in total. The van der Waals surface area contributed by atoms with Crippen molar-refractivity contribution in [3.63, 3.8) is 0 Å². The maximum Gasteiger partial charge on any atom is 0.336 e. The van der Waals surface area contributed by atoms with Crippen LogP contribution in [0.4, 0.5) is 0 Å². The van der Waals surface area contributed by atoms with E-state index >= 15 is 0 Å². The van der Waals surface area contributed by atoms with E-state index in [1.54, 1.807) is 18.2 Å². The predicted octanol–water partition coefficient (Wildman–Crippen LogP) is 3.57. The lowest BCUT2D eigenvalue weighted by Crippen LogP contribution is -2.03. The van der Waals surface area contributed by atoms with Crippen molar-refractivity contribution >= 4 is 28.6 Å². The summed E-state index contributed by atoms with van der Waals surface area (Å²) in [6, 6.07) is 14.8. The largest absolute Gasteiger partial charge is 0.488 e. The van der Waals surface area contributed by atoms with E-state index in [0.29, 0.717) is 15.9 Å². The van der Waals surface area contributed by atoms with Gasteiger partial charge in [0.1, 0.15) is 12.4 Å². The van der Waals surface area contributed by atoms with Gasteiger partial charge in [0.25, 0.3) is 0 Å². The van der Waals surface area contributed by atoms with Crippen molar-refractivity contribution in [1.29, 1.82) is 0 Å². The minimum atomic E-state index is -0.940. The number of benzene rings is 2. The van der Waals surface area contributed by atoms with E-state index in [-0.39, 0.29) is 5.56 Å². The van der Waals surface area contributed by atoms with E-state index in [0.717, 1.165) is 5.56 Å². The van der Waals surface area contributed by atoms with Gasteiger partial charge >= 0.3 is 5.97 Å². The van der Waals surface area contributed by atoms with Gasteiger partial charge in [-0.3, -0.25) is 0 Å². The first-order chi connectivity index (χ1) is 8.68. The zero-order valence-corrected chi connectivity index (χ0v) is 11.6. The molecule has 0 radical (unpaired) electrons. The Kier molecular flexibility index (Phi) is 4.19. The first-order valence-electron chi connectivity index (χ1n) is 5.37. The first-order valence-corrected chi connectivity index (χ1v) is 6.45. The molecule has 0 heterocycles. The number of ether oxygens (including phenoxy) is 1. The Balaban J connectivity index is 2.15. The Morgan fingerprint density at radius 1 is 1.11 bits per heavy atom. The third-order valence-electron chi connectivity index (χ3n) is 2.43. The Labute approximate surface area is 119 Å². The molecule has 2 aromatic rings. The normalized spacial score (nSPS) is 10.1. The highest BCUT2D eigenvalue weighted by atomic mass is 127. The van der Waals surface area contributed by atoms with Crippen LogP contribution in [0.5, 0.6) is 5.75 Å². The summed E-state index contributed by atoms with van der Waals surface area (Å²) in [7, 11) is 0. The number of carbonyl (C=O) groups is 1. The van der Waals surface area contributed by atoms with Crippen molar-refractivity contribution in [2.75, 3.05) is 0 Å². The summed E-state index contributed by atoms with van der Waals surface area (Å²) in [4.78, 5) is 11.0. The highest BCUT2D eigenvalue weighted by molar-refractivity contribution is 14.1. The predicted molar refractivity (Wildman–Crippen MR) is 76.9 cm³/mol. The summed E-state index contributed by atoms with van der Waals surface area (Å²) in [6.07, 6.45) is 0. The molecule has 0 amide bonds. The molecule has 18 heavy (non-hydrogen) atoms. The Morgan fingerprint density at radius 2 is 1.83 bits per heavy atom. The third kappa shape index (κ3) is 3.01. The van der Waals surface area contributed by atoms with Crippen molar-refractivity contribution < 1.29 is 14.6 Å². The van der Waals surface area contributed by atoms with Gasteiger partial charge in [0, 0.05) is 0 Å². The van der Waals surface area contributed by atoms with Crippen LogP contribution in [0.25, 0.3) is 0 Å². The monoisotopic (exact) mass is 354 g/mol. The molecule has 4 heteroatoms. The fourth-order valence-corrected chi connectivity index (χ4v) is 2.27. The number of hydrogen-bond acceptors (Lipinski definition) is 2. The lowest BCUT2D eigenvalue weighted by molar-refractivity contribution is 0.0695. The zero-order valence-electron chi connectivity index (χ0n) is 9.47. The van der Waals surface area contributed by atoms with Crippen molar-refractivity contribution in [1.82, 2.24) is 0 Å². The van der Waals surface area contributed by atoms with Crippen LogP contribution in [0.1, 0.15) is 15.9 Å². The van der Waals surface area contributed by atoms with Crippen molar-refractivity contribution in [3.05, 3.63) is 63.2 Å². The Hall–Kier alpha value is -1.56. The van der Waals surface area contributed by atoms with Crippen LogP contribution >= 0.6 is 22.6 Å². The minimum absolute atomic E-state index is 0.265. The van der Waals surface area contributed by atoms with Gasteiger partial charge in [0.2, 0.25) is 0 Å². The second-order valence-electron chi connectivity index (χ2n) is 3.70. The summed E-state index contributed by atoms with van der Waals surface area (Å²) in [5.41, 5.74) is 1.31. The van der Waals surface area contributed by atoms with Gasteiger partial charge in [0.05, 0.1) is 9.13 Å². The van der Waals surface area contributed by atoms with E-state index in [1.807, 2.05) is 52.9 Å². The van der Waals surface area contributed by atoms with Crippen LogP contribution < -0.4 is 4.74 Å². The molecule has 0 bridgehead atoms. The molecular formula is C14H11IO3. The average molecular weight is 354 g/mol. The molecule has 0 unspecified atom stereocenters. The molecule has 0 saturated heterocycles. The highest BCUT2D eigenvalue weighted by Crippen LogP contribution is 2.25. The summed E-state index contributed by atoms with van der Waals surface area (Å²) < 4.78 is 6.27. The average Bonchev–Trinajstić information content (AvgIpc) is 2.38. The van der Waals surface area contributed by atoms with E-state index < -0.39 is 5.97 Å². The standard InChI is InChI=1S/C14H11IO3/c15-13-11(14(16)17)7-4-8-12(13)18-9-10-5-2-1-3-6-10/h1-8H,9H2,(H,16,17). The number of halogens is 1. The van der Waals surface area contributed by atoms with Gasteiger partial charge in [0.15, 0.2) is 0 Å². The number of aromatic carboxylic acids is 1. The van der Waals surface area contributed by atoms with Gasteiger partial charge < -0.3 is 9.84 Å². The van der Waals surface area contributed by atoms with Gasteiger partial charge in [-0.25, -0.2) is 4.79 Å². The van der Waals surface area contributed by atoms with Crippen molar-refractivity contribution in [2.45, 2.75) is 6.61 Å². The van der Waals surface area contributed by atoms with Crippen LogP contribution in [0.15, 0.2) is 48.5 Å². The second-order valence-corrected chi connectivity index (χ2v) is 4.78. The minimum Gasteiger partial charge on any atom is -0.488 e. The molecule has 0 fully saturated rings. The molecule has 2 aromatic carbocycles. The molecular weight excluding hydrogens is 343 g/mol. The van der Waals surface area contributed by atoms with E-state index in [9.17, 15) is 4.79 Å². The van der Waals surface area contributed by atoms with E-state index in [2.05, 4.69) is 0 Å². The third-order valence-corrected chi connectivity index (χ3v) is 3.54. The van der Waals surface area contributed by atoms with Crippen molar-refractivity contribution in [3.8, 4) is 5.75 Å². The molecule has 92 valence electrons. The molecule has 0 aromatic heterocycles. The van der Waals surface area contributed by atoms with Crippen LogP contribution in [0.3, 0.4) is 0 Å². The molecule has 0 aliphatic rings. The smallest absolute Gasteiger partial charge is 0.336 e. The fourth-order valence-electron chi connectivity index (χ4n) is 1.52. The fraction of sp³-hybridized carbons (Fsp3) is 0.0714. The SMILES string of the molecule is O=C(O)c1cccc(OCc2ccccc2)c1I. The quantitative estimate of drug-likeness (QED) is 0.854. The second kappa shape index (κ2) is 5.86. The Morgan fingerprint density at radius 3 is 2.50 bits per heavy atom. The molecule has 0 saturated carbocycles. The summed E-state index contributed by atoms with van der Waals surface area (Å²) in [6.45, 7) is 0.430. The van der Waals surface area contributed by atoms with Gasteiger partial charge in [-0.1, -0.05) is 36.4 Å². The van der Waals surface area contributed by atoms with Crippen LogP contribution in [-0.2, 0) is 6.61 Å². The van der Waals surface area contributed by atoms with Gasteiger partial charge in [-0.15, -0.1) is 0 Å². The first kappa shape index (κ1) is 12.9. The number of carboxylic acid groups (broad SMARTS) is 1. The number of carboxylic acids is 1. The van der Waals surface area contributed by atoms with Gasteiger partial charge in [-0.2, -0.15) is 0 Å². The maximum atomic E-state index is 11.0. The summed E-state index contributed by atoms with van der Waals surface area (Å²) >= 11 is 1.99. The Bertz CT molecular complexity index is 552. The topological polar surface area (TPSA) is 46.5 Å². The van der Waals surface area contributed by atoms with Crippen LogP contribution in [-0.4, -0.2) is 11.1 Å². The lowest BCUT2D eigenvalue weighted by Gasteiger charge is -2.09. The molecule has 0 atom stereocenters. The molecule has 2 rings (SSSR count). The van der Waals surface area contributed by atoms with E-state index in [1.165, 1.54) is 0 Å². The van der Waals surface area contributed by atoms with E-state index in [4.69, 9.17) is 9.84 Å². The van der Waals surface area contributed by atoms with Gasteiger partial charge in [-0.05, 0) is 40.3 Å².